The molecule has 2 aromatic rings. The van der Waals surface area contributed by atoms with E-state index in [1.165, 1.54) is 16.7 Å². The van der Waals surface area contributed by atoms with E-state index in [1.54, 1.807) is 0 Å². The highest BCUT2D eigenvalue weighted by molar-refractivity contribution is 9.10. The van der Waals surface area contributed by atoms with Crippen molar-refractivity contribution in [2.45, 2.75) is 32.7 Å². The first-order chi connectivity index (χ1) is 10.1. The first kappa shape index (κ1) is 16.5. The first-order valence-corrected chi connectivity index (χ1v) is 8.51. The number of hydrogen-bond donors (Lipinski definition) is 1. The second-order valence-corrected chi connectivity index (χ2v) is 6.57. The fourth-order valence-electron chi connectivity index (χ4n) is 2.34. The van der Waals surface area contributed by atoms with E-state index in [0.29, 0.717) is 0 Å². The van der Waals surface area contributed by atoms with Crippen LogP contribution in [0.4, 0.5) is 0 Å². The molecule has 0 spiro atoms. The molecule has 0 radical (unpaired) electrons. The van der Waals surface area contributed by atoms with Crippen molar-refractivity contribution in [3.8, 4) is 0 Å². The van der Waals surface area contributed by atoms with Crippen molar-refractivity contribution in [3.63, 3.8) is 0 Å². The lowest BCUT2D eigenvalue weighted by Gasteiger charge is -2.20. The van der Waals surface area contributed by atoms with Gasteiger partial charge in [0, 0.05) is 15.5 Å². The fourth-order valence-corrected chi connectivity index (χ4v) is 2.95. The van der Waals surface area contributed by atoms with E-state index in [4.69, 9.17) is 11.6 Å². The molecular formula is C18H21BrClN. The number of hydrogen-bond acceptors (Lipinski definition) is 1. The number of benzene rings is 2. The van der Waals surface area contributed by atoms with Crippen LogP contribution in [0.25, 0.3) is 0 Å². The molecule has 0 fully saturated rings. The average molecular weight is 367 g/mol. The van der Waals surface area contributed by atoms with Crippen molar-refractivity contribution < 1.29 is 0 Å². The van der Waals surface area contributed by atoms with Crippen LogP contribution in [-0.4, -0.2) is 6.54 Å². The highest BCUT2D eigenvalue weighted by Gasteiger charge is 2.14. The third kappa shape index (κ3) is 4.57. The normalized spacial score (nSPS) is 12.4. The van der Waals surface area contributed by atoms with Crippen LogP contribution in [0.15, 0.2) is 46.9 Å². The van der Waals surface area contributed by atoms with Crippen molar-refractivity contribution in [2.24, 2.45) is 0 Å². The molecule has 1 N–H and O–H groups in total. The number of rotatable bonds is 6. The van der Waals surface area contributed by atoms with Gasteiger partial charge in [0.1, 0.15) is 0 Å². The molecule has 0 heterocycles. The zero-order valence-corrected chi connectivity index (χ0v) is 14.8. The van der Waals surface area contributed by atoms with E-state index in [9.17, 15) is 0 Å². The smallest absolute Gasteiger partial charge is 0.0438 e. The first-order valence-electron chi connectivity index (χ1n) is 7.34. The maximum atomic E-state index is 6.31. The van der Waals surface area contributed by atoms with Crippen LogP contribution < -0.4 is 5.32 Å². The Hall–Kier alpha value is -0.830. The Bertz CT molecular complexity index is 598. The van der Waals surface area contributed by atoms with Crippen LogP contribution in [-0.2, 0) is 6.42 Å². The minimum Gasteiger partial charge on any atom is -0.310 e. The number of aryl methyl sites for hydroxylation is 1. The maximum absolute atomic E-state index is 6.31. The van der Waals surface area contributed by atoms with Gasteiger partial charge in [-0.25, -0.2) is 0 Å². The Balaban J connectivity index is 2.25. The molecule has 0 aliphatic carbocycles. The molecule has 0 aromatic heterocycles. The predicted octanol–water partition coefficient (Wildman–Crippen LogP) is 5.69. The molecule has 112 valence electrons. The molecule has 2 aromatic carbocycles. The van der Waals surface area contributed by atoms with Crippen molar-refractivity contribution >= 4 is 27.5 Å². The predicted molar refractivity (Wildman–Crippen MR) is 95.1 cm³/mol. The lowest BCUT2D eigenvalue weighted by Crippen LogP contribution is -2.24. The van der Waals surface area contributed by atoms with Crippen LogP contribution in [0.2, 0.25) is 5.02 Å². The summed E-state index contributed by atoms with van der Waals surface area (Å²) in [6, 6.07) is 14.9. The molecular weight excluding hydrogens is 346 g/mol. The lowest BCUT2D eigenvalue weighted by atomic mass is 9.98. The minimum atomic E-state index is 0.279. The van der Waals surface area contributed by atoms with Gasteiger partial charge in [-0.3, -0.25) is 0 Å². The summed E-state index contributed by atoms with van der Waals surface area (Å²) in [6.07, 6.45) is 2.02. The Kier molecular flexibility index (Phi) is 6.28. The summed E-state index contributed by atoms with van der Waals surface area (Å²) >= 11 is 9.94. The topological polar surface area (TPSA) is 12.0 Å². The number of nitrogens with one attached hydrogen (secondary N) is 1. The minimum absolute atomic E-state index is 0.279. The summed E-state index contributed by atoms with van der Waals surface area (Å²) in [5.41, 5.74) is 3.73. The third-order valence-corrected chi connectivity index (χ3v) is 4.84. The van der Waals surface area contributed by atoms with Crippen molar-refractivity contribution in [1.29, 1.82) is 0 Å². The standard InChI is InChI=1S/C18H21BrClN/c1-3-10-21-18(12-14-6-4-5-7-17(14)20)15-9-8-13(2)16(19)11-15/h4-9,11,18,21H,3,10,12H2,1-2H3. The SMILES string of the molecule is CCCNC(Cc1ccccc1Cl)c1ccc(C)c(Br)c1. The number of halogens is 2. The molecule has 1 atom stereocenters. The molecule has 0 saturated heterocycles. The molecule has 0 aliphatic rings. The van der Waals surface area contributed by atoms with Crippen LogP contribution in [0, 0.1) is 6.92 Å². The molecule has 0 saturated carbocycles. The molecule has 3 heteroatoms. The van der Waals surface area contributed by atoms with Crippen molar-refractivity contribution in [3.05, 3.63) is 68.7 Å². The second kappa shape index (κ2) is 7.98. The van der Waals surface area contributed by atoms with E-state index in [0.717, 1.165) is 28.9 Å². The van der Waals surface area contributed by atoms with Gasteiger partial charge in [-0.1, -0.05) is 64.8 Å². The molecule has 2 rings (SSSR count). The summed E-state index contributed by atoms with van der Waals surface area (Å²) in [6.45, 7) is 5.29. The summed E-state index contributed by atoms with van der Waals surface area (Å²) < 4.78 is 1.16. The highest BCUT2D eigenvalue weighted by Crippen LogP contribution is 2.26. The van der Waals surface area contributed by atoms with Gasteiger partial charge in [-0.05, 0) is 55.1 Å². The molecule has 0 amide bonds. The zero-order chi connectivity index (χ0) is 15.2. The van der Waals surface area contributed by atoms with E-state index < -0.39 is 0 Å². The Morgan fingerprint density at radius 2 is 1.95 bits per heavy atom. The molecule has 21 heavy (non-hydrogen) atoms. The van der Waals surface area contributed by atoms with Gasteiger partial charge in [-0.15, -0.1) is 0 Å². The summed E-state index contributed by atoms with van der Waals surface area (Å²) in [5, 5.41) is 4.47. The van der Waals surface area contributed by atoms with Gasteiger partial charge in [0.05, 0.1) is 0 Å². The Morgan fingerprint density at radius 3 is 2.62 bits per heavy atom. The summed E-state index contributed by atoms with van der Waals surface area (Å²) in [5.74, 6) is 0. The van der Waals surface area contributed by atoms with E-state index in [1.807, 2.05) is 18.2 Å². The summed E-state index contributed by atoms with van der Waals surface area (Å²) in [4.78, 5) is 0. The van der Waals surface area contributed by atoms with Crippen molar-refractivity contribution in [1.82, 2.24) is 5.32 Å². The van der Waals surface area contributed by atoms with Crippen LogP contribution in [0.5, 0.6) is 0 Å². The molecule has 1 unspecified atom stereocenters. The van der Waals surface area contributed by atoms with Crippen LogP contribution >= 0.6 is 27.5 Å². The second-order valence-electron chi connectivity index (χ2n) is 5.31. The molecule has 0 bridgehead atoms. The van der Waals surface area contributed by atoms with Crippen LogP contribution in [0.3, 0.4) is 0 Å². The van der Waals surface area contributed by atoms with E-state index in [2.05, 4.69) is 59.4 Å². The monoisotopic (exact) mass is 365 g/mol. The van der Waals surface area contributed by atoms with Gasteiger partial charge in [0.2, 0.25) is 0 Å². The van der Waals surface area contributed by atoms with E-state index in [-0.39, 0.29) is 6.04 Å². The highest BCUT2D eigenvalue weighted by atomic mass is 79.9. The fraction of sp³-hybridized carbons (Fsp3) is 0.333. The quantitative estimate of drug-likeness (QED) is 0.692. The largest absolute Gasteiger partial charge is 0.310 e. The molecule has 1 nitrogen and oxygen atoms in total. The molecule has 0 aliphatic heterocycles. The summed E-state index contributed by atoms with van der Waals surface area (Å²) in [7, 11) is 0. The van der Waals surface area contributed by atoms with Gasteiger partial charge in [0.25, 0.3) is 0 Å². The third-order valence-electron chi connectivity index (χ3n) is 3.62. The Labute approximate surface area is 140 Å². The van der Waals surface area contributed by atoms with Crippen molar-refractivity contribution in [2.75, 3.05) is 6.54 Å². The lowest BCUT2D eigenvalue weighted by molar-refractivity contribution is 0.529. The zero-order valence-electron chi connectivity index (χ0n) is 12.5. The van der Waals surface area contributed by atoms with Gasteiger partial charge in [-0.2, -0.15) is 0 Å². The van der Waals surface area contributed by atoms with Gasteiger partial charge < -0.3 is 5.32 Å². The van der Waals surface area contributed by atoms with E-state index >= 15 is 0 Å². The van der Waals surface area contributed by atoms with Crippen LogP contribution in [0.1, 0.15) is 36.1 Å². The Morgan fingerprint density at radius 1 is 1.19 bits per heavy atom. The van der Waals surface area contributed by atoms with Gasteiger partial charge >= 0.3 is 0 Å². The average Bonchev–Trinajstić information content (AvgIpc) is 2.48. The maximum Gasteiger partial charge on any atom is 0.0438 e. The van der Waals surface area contributed by atoms with Gasteiger partial charge in [0.15, 0.2) is 0 Å².